The van der Waals surface area contributed by atoms with Gasteiger partial charge < -0.3 is 14.8 Å². The molecule has 0 heterocycles. The van der Waals surface area contributed by atoms with Crippen LogP contribution in [0.2, 0.25) is 0 Å². The van der Waals surface area contributed by atoms with Gasteiger partial charge in [-0.05, 0) is 55.2 Å². The SMILES string of the molecule is COc1ccc(CCNC(=O)c2ccc(OC)c(S(=O)(=O)NC3CCCCC3)c2)cc1. The summed E-state index contributed by atoms with van der Waals surface area (Å²) in [4.78, 5) is 12.6. The molecule has 1 saturated carbocycles. The van der Waals surface area contributed by atoms with Gasteiger partial charge in [0.2, 0.25) is 10.0 Å². The van der Waals surface area contributed by atoms with Crippen LogP contribution in [0.15, 0.2) is 47.4 Å². The lowest BCUT2D eigenvalue weighted by Gasteiger charge is -2.23. The number of benzene rings is 2. The molecular weight excluding hydrogens is 416 g/mol. The minimum absolute atomic E-state index is 0.0108. The molecule has 1 fully saturated rings. The van der Waals surface area contributed by atoms with E-state index in [2.05, 4.69) is 10.0 Å². The van der Waals surface area contributed by atoms with Crippen molar-refractivity contribution in [2.24, 2.45) is 0 Å². The lowest BCUT2D eigenvalue weighted by atomic mass is 9.96. The van der Waals surface area contributed by atoms with Gasteiger partial charge in [0.25, 0.3) is 5.91 Å². The van der Waals surface area contributed by atoms with Crippen molar-refractivity contribution < 1.29 is 22.7 Å². The summed E-state index contributed by atoms with van der Waals surface area (Å²) >= 11 is 0. The van der Waals surface area contributed by atoms with Crippen LogP contribution in [0.25, 0.3) is 0 Å². The van der Waals surface area contributed by atoms with Crippen molar-refractivity contribution in [1.29, 1.82) is 0 Å². The number of carbonyl (C=O) groups excluding carboxylic acids is 1. The molecule has 0 aromatic heterocycles. The van der Waals surface area contributed by atoms with Crippen LogP contribution in [0.5, 0.6) is 11.5 Å². The van der Waals surface area contributed by atoms with E-state index in [9.17, 15) is 13.2 Å². The van der Waals surface area contributed by atoms with Crippen LogP contribution >= 0.6 is 0 Å². The molecule has 0 aliphatic heterocycles. The first-order chi connectivity index (χ1) is 14.9. The van der Waals surface area contributed by atoms with E-state index < -0.39 is 10.0 Å². The van der Waals surface area contributed by atoms with Crippen LogP contribution in [-0.4, -0.2) is 41.1 Å². The fraction of sp³-hybridized carbons (Fsp3) is 0.435. The zero-order valence-electron chi connectivity index (χ0n) is 18.0. The summed E-state index contributed by atoms with van der Waals surface area (Å²) in [6.45, 7) is 0.430. The fourth-order valence-electron chi connectivity index (χ4n) is 3.75. The van der Waals surface area contributed by atoms with Crippen LogP contribution in [0.3, 0.4) is 0 Å². The Morgan fingerprint density at radius 2 is 1.71 bits per heavy atom. The molecular formula is C23H30N2O5S. The topological polar surface area (TPSA) is 93.7 Å². The maximum Gasteiger partial charge on any atom is 0.251 e. The van der Waals surface area contributed by atoms with Gasteiger partial charge in [0.15, 0.2) is 0 Å². The fourth-order valence-corrected chi connectivity index (χ4v) is 5.25. The van der Waals surface area contributed by atoms with E-state index in [-0.39, 0.29) is 28.2 Å². The lowest BCUT2D eigenvalue weighted by Crippen LogP contribution is -2.36. The van der Waals surface area contributed by atoms with Crippen molar-refractivity contribution in [3.8, 4) is 11.5 Å². The van der Waals surface area contributed by atoms with Crippen LogP contribution < -0.4 is 19.5 Å². The summed E-state index contributed by atoms with van der Waals surface area (Å²) < 4.78 is 39.1. The minimum atomic E-state index is -3.80. The molecule has 0 unspecified atom stereocenters. The number of hydrogen-bond donors (Lipinski definition) is 2. The third kappa shape index (κ3) is 6.21. The molecule has 1 aliphatic carbocycles. The maximum atomic E-state index is 13.0. The summed E-state index contributed by atoms with van der Waals surface area (Å²) in [6, 6.07) is 12.0. The number of carbonyl (C=O) groups is 1. The number of methoxy groups -OCH3 is 2. The van der Waals surface area contributed by atoms with E-state index in [4.69, 9.17) is 9.47 Å². The largest absolute Gasteiger partial charge is 0.497 e. The molecule has 31 heavy (non-hydrogen) atoms. The van der Waals surface area contributed by atoms with E-state index in [1.54, 1.807) is 13.2 Å². The Labute approximate surface area is 184 Å². The standard InChI is InChI=1S/C23H30N2O5S/c1-29-20-11-8-17(9-12-20)14-15-24-23(26)18-10-13-21(30-2)22(16-18)31(27,28)25-19-6-4-3-5-7-19/h8-13,16,19,25H,3-7,14-15H2,1-2H3,(H,24,26). The van der Waals surface area contributed by atoms with E-state index in [0.29, 0.717) is 13.0 Å². The van der Waals surface area contributed by atoms with Gasteiger partial charge in [-0.1, -0.05) is 31.4 Å². The van der Waals surface area contributed by atoms with Crippen molar-refractivity contribution in [2.45, 2.75) is 49.5 Å². The molecule has 0 bridgehead atoms. The Balaban J connectivity index is 1.67. The number of nitrogens with one attached hydrogen (secondary N) is 2. The predicted molar refractivity (Wildman–Crippen MR) is 119 cm³/mol. The van der Waals surface area contributed by atoms with Gasteiger partial charge in [0, 0.05) is 18.2 Å². The van der Waals surface area contributed by atoms with E-state index >= 15 is 0 Å². The molecule has 8 heteroatoms. The zero-order chi connectivity index (χ0) is 22.3. The van der Waals surface area contributed by atoms with E-state index in [0.717, 1.165) is 43.4 Å². The average Bonchev–Trinajstić information content (AvgIpc) is 2.79. The molecule has 0 saturated heterocycles. The molecule has 3 rings (SSSR count). The van der Waals surface area contributed by atoms with Crippen molar-refractivity contribution >= 4 is 15.9 Å². The van der Waals surface area contributed by atoms with Gasteiger partial charge in [-0.25, -0.2) is 13.1 Å². The number of amides is 1. The monoisotopic (exact) mass is 446 g/mol. The third-order valence-electron chi connectivity index (χ3n) is 5.50. The molecule has 2 aromatic rings. The molecule has 2 aromatic carbocycles. The first-order valence-corrected chi connectivity index (χ1v) is 12.0. The highest BCUT2D eigenvalue weighted by atomic mass is 32.2. The van der Waals surface area contributed by atoms with E-state index in [1.807, 2.05) is 24.3 Å². The van der Waals surface area contributed by atoms with Crippen LogP contribution in [0.4, 0.5) is 0 Å². The highest BCUT2D eigenvalue weighted by Crippen LogP contribution is 2.27. The van der Waals surface area contributed by atoms with Gasteiger partial charge in [-0.3, -0.25) is 4.79 Å². The lowest BCUT2D eigenvalue weighted by molar-refractivity contribution is 0.0954. The molecule has 0 atom stereocenters. The highest BCUT2D eigenvalue weighted by molar-refractivity contribution is 7.89. The second-order valence-corrected chi connectivity index (χ2v) is 9.36. The van der Waals surface area contributed by atoms with Gasteiger partial charge in [-0.15, -0.1) is 0 Å². The second kappa shape index (κ2) is 10.6. The Bertz CT molecular complexity index is 984. The Morgan fingerprint density at radius 1 is 1.00 bits per heavy atom. The predicted octanol–water partition coefficient (Wildman–Crippen LogP) is 3.29. The average molecular weight is 447 g/mol. The van der Waals surface area contributed by atoms with Crippen molar-refractivity contribution in [3.05, 3.63) is 53.6 Å². The Kier molecular flexibility index (Phi) is 7.92. The number of sulfonamides is 1. The normalized spacial score (nSPS) is 14.8. The first kappa shape index (κ1) is 23.1. The molecule has 0 radical (unpaired) electrons. The van der Waals surface area contributed by atoms with Crippen LogP contribution in [0, 0.1) is 0 Å². The highest BCUT2D eigenvalue weighted by Gasteiger charge is 2.26. The molecule has 2 N–H and O–H groups in total. The quantitative estimate of drug-likeness (QED) is 0.617. The van der Waals surface area contributed by atoms with Gasteiger partial charge in [0.05, 0.1) is 14.2 Å². The molecule has 1 aliphatic rings. The summed E-state index contributed by atoms with van der Waals surface area (Å²) in [7, 11) is -0.761. The third-order valence-corrected chi connectivity index (χ3v) is 7.04. The summed E-state index contributed by atoms with van der Waals surface area (Å²) in [5.74, 6) is 0.671. The zero-order valence-corrected chi connectivity index (χ0v) is 18.8. The first-order valence-electron chi connectivity index (χ1n) is 10.5. The van der Waals surface area contributed by atoms with Gasteiger partial charge in [0.1, 0.15) is 16.4 Å². The number of rotatable bonds is 9. The minimum Gasteiger partial charge on any atom is -0.497 e. The maximum absolute atomic E-state index is 13.0. The molecule has 0 spiro atoms. The van der Waals surface area contributed by atoms with Crippen LogP contribution in [-0.2, 0) is 16.4 Å². The smallest absolute Gasteiger partial charge is 0.251 e. The van der Waals surface area contributed by atoms with E-state index in [1.165, 1.54) is 19.2 Å². The summed E-state index contributed by atoms with van der Waals surface area (Å²) in [5.41, 5.74) is 1.34. The van der Waals surface area contributed by atoms with Crippen molar-refractivity contribution in [3.63, 3.8) is 0 Å². The van der Waals surface area contributed by atoms with Crippen molar-refractivity contribution in [2.75, 3.05) is 20.8 Å². The Hall–Kier alpha value is -2.58. The van der Waals surface area contributed by atoms with Crippen LogP contribution in [0.1, 0.15) is 48.0 Å². The molecule has 168 valence electrons. The molecule has 1 amide bonds. The summed E-state index contributed by atoms with van der Waals surface area (Å²) in [6.07, 6.45) is 5.47. The second-order valence-electron chi connectivity index (χ2n) is 7.68. The molecule has 7 nitrogen and oxygen atoms in total. The van der Waals surface area contributed by atoms with Gasteiger partial charge in [-0.2, -0.15) is 0 Å². The van der Waals surface area contributed by atoms with Crippen molar-refractivity contribution in [1.82, 2.24) is 10.0 Å². The number of ether oxygens (including phenoxy) is 2. The van der Waals surface area contributed by atoms with Gasteiger partial charge >= 0.3 is 0 Å². The summed E-state index contributed by atoms with van der Waals surface area (Å²) in [5, 5.41) is 2.85. The Morgan fingerprint density at radius 3 is 2.35 bits per heavy atom. The number of hydrogen-bond acceptors (Lipinski definition) is 5.